The van der Waals surface area contributed by atoms with Gasteiger partial charge in [-0.3, -0.25) is 9.78 Å². The zero-order valence-electron chi connectivity index (χ0n) is 18.3. The first-order chi connectivity index (χ1) is 14.9. The van der Waals surface area contributed by atoms with E-state index >= 15 is 0 Å². The summed E-state index contributed by atoms with van der Waals surface area (Å²) in [4.78, 5) is 17.5. The summed E-state index contributed by atoms with van der Waals surface area (Å²) in [6.45, 7) is 8.59. The van der Waals surface area contributed by atoms with Crippen LogP contribution in [0.15, 0.2) is 52.7 Å². The Morgan fingerprint density at radius 1 is 1.03 bits per heavy atom. The molecule has 2 heterocycles. The fraction of sp³-hybridized carbons (Fsp3) is 0.280. The van der Waals surface area contributed by atoms with Crippen LogP contribution >= 0.6 is 0 Å². The number of carbonyl (C=O) groups is 1. The number of fused-ring (bicyclic) bond motifs is 2. The highest BCUT2D eigenvalue weighted by molar-refractivity contribution is 6.07. The predicted molar refractivity (Wildman–Crippen MR) is 123 cm³/mol. The number of benzene rings is 2. The van der Waals surface area contributed by atoms with E-state index in [0.717, 1.165) is 51.5 Å². The highest BCUT2D eigenvalue weighted by Gasteiger charge is 2.18. The van der Waals surface area contributed by atoms with E-state index in [4.69, 9.17) is 0 Å². The van der Waals surface area contributed by atoms with Gasteiger partial charge in [-0.2, -0.15) is 0 Å². The summed E-state index contributed by atoms with van der Waals surface area (Å²) < 4.78 is 1.84. The van der Waals surface area contributed by atoms with Crippen molar-refractivity contribution in [2.75, 3.05) is 0 Å². The Morgan fingerprint density at radius 3 is 2.48 bits per heavy atom. The summed E-state index contributed by atoms with van der Waals surface area (Å²) in [5.41, 5.74) is 5.25. The summed E-state index contributed by atoms with van der Waals surface area (Å²) in [5, 5.41) is 20.6. The maximum absolute atomic E-state index is 13.0. The highest BCUT2D eigenvalue weighted by atomic mass is 16.3. The van der Waals surface area contributed by atoms with Crippen LogP contribution < -0.4 is 0 Å². The van der Waals surface area contributed by atoms with E-state index in [0.29, 0.717) is 17.8 Å². The number of azo groups is 1. The van der Waals surface area contributed by atoms with E-state index in [1.807, 2.05) is 61.7 Å². The predicted octanol–water partition coefficient (Wildman–Crippen LogP) is 6.54. The van der Waals surface area contributed by atoms with E-state index in [1.165, 1.54) is 0 Å². The van der Waals surface area contributed by atoms with Crippen molar-refractivity contribution in [3.8, 4) is 5.88 Å². The molecular formula is C25H26N4O2. The summed E-state index contributed by atoms with van der Waals surface area (Å²) in [7, 11) is 0. The monoisotopic (exact) mass is 414 g/mol. The van der Waals surface area contributed by atoms with Crippen LogP contribution in [0.4, 0.5) is 5.69 Å². The molecule has 0 aliphatic rings. The molecule has 2 aromatic carbocycles. The molecule has 0 spiro atoms. The van der Waals surface area contributed by atoms with Crippen molar-refractivity contribution in [3.05, 3.63) is 64.8 Å². The molecule has 0 saturated heterocycles. The molecular weight excluding hydrogens is 388 g/mol. The van der Waals surface area contributed by atoms with Gasteiger partial charge in [0.2, 0.25) is 5.88 Å². The van der Waals surface area contributed by atoms with Gasteiger partial charge in [-0.25, -0.2) is 0 Å². The molecule has 158 valence electrons. The van der Waals surface area contributed by atoms with E-state index in [1.54, 1.807) is 6.07 Å². The lowest BCUT2D eigenvalue weighted by Crippen LogP contribution is -1.99. The van der Waals surface area contributed by atoms with Crippen LogP contribution in [0.25, 0.3) is 21.8 Å². The quantitative estimate of drug-likeness (QED) is 0.376. The highest BCUT2D eigenvalue weighted by Crippen LogP contribution is 2.39. The minimum absolute atomic E-state index is 0.0391. The van der Waals surface area contributed by atoms with Crippen molar-refractivity contribution in [3.63, 3.8) is 0 Å². The number of amides is 1. The number of pyridine rings is 1. The molecule has 4 aromatic rings. The van der Waals surface area contributed by atoms with E-state index in [9.17, 15) is 9.90 Å². The van der Waals surface area contributed by atoms with Crippen molar-refractivity contribution in [2.45, 2.75) is 47.1 Å². The maximum atomic E-state index is 13.0. The zero-order valence-corrected chi connectivity index (χ0v) is 18.3. The van der Waals surface area contributed by atoms with Crippen LogP contribution in [-0.2, 0) is 6.54 Å². The Balaban J connectivity index is 1.80. The molecule has 4 rings (SSSR count). The number of unbranched alkanes of at least 4 members (excludes halogenated alkanes) is 1. The molecule has 0 aliphatic heterocycles. The molecule has 0 bridgehead atoms. The molecule has 1 amide bonds. The molecule has 0 atom stereocenters. The average molecular weight is 415 g/mol. The molecule has 6 nitrogen and oxygen atoms in total. The molecule has 2 aromatic heterocycles. The van der Waals surface area contributed by atoms with Crippen LogP contribution in [0.2, 0.25) is 0 Å². The van der Waals surface area contributed by atoms with E-state index in [-0.39, 0.29) is 5.88 Å². The van der Waals surface area contributed by atoms with Crippen LogP contribution in [-0.4, -0.2) is 20.6 Å². The smallest absolute Gasteiger partial charge is 0.296 e. The Morgan fingerprint density at radius 2 is 1.74 bits per heavy atom. The Labute approximate surface area is 181 Å². The van der Waals surface area contributed by atoms with Crippen molar-refractivity contribution >= 4 is 33.4 Å². The Hall–Kier alpha value is -3.54. The van der Waals surface area contributed by atoms with Gasteiger partial charge in [-0.1, -0.05) is 36.6 Å². The minimum atomic E-state index is -0.456. The number of carbonyl (C=O) groups excluding carboxylic acids is 1. The number of hydrogen-bond acceptors (Lipinski definition) is 4. The maximum Gasteiger partial charge on any atom is 0.296 e. The summed E-state index contributed by atoms with van der Waals surface area (Å²) >= 11 is 0. The number of aromatic hydroxyl groups is 1. The van der Waals surface area contributed by atoms with Gasteiger partial charge in [0.15, 0.2) is 5.69 Å². The van der Waals surface area contributed by atoms with Crippen LogP contribution in [0.5, 0.6) is 5.88 Å². The van der Waals surface area contributed by atoms with Crippen LogP contribution in [0, 0.1) is 20.8 Å². The molecule has 0 saturated carbocycles. The fourth-order valence-corrected chi connectivity index (χ4v) is 3.88. The standard InChI is InChI=1S/C25H26N4O2/c1-5-6-11-29-22-10-8-16(3)13-20(22)23(25(29)31)27-28-24(30)19-14-17(4)26-21-9-7-15(2)12-18(19)21/h7-10,12-14,31H,5-6,11H2,1-4H3. The van der Waals surface area contributed by atoms with Crippen molar-refractivity contribution in [1.82, 2.24) is 9.55 Å². The molecule has 31 heavy (non-hydrogen) atoms. The molecule has 0 aliphatic carbocycles. The summed E-state index contributed by atoms with van der Waals surface area (Å²) in [5.74, 6) is -0.417. The fourth-order valence-electron chi connectivity index (χ4n) is 3.88. The third-order valence-corrected chi connectivity index (χ3v) is 5.46. The topological polar surface area (TPSA) is 79.8 Å². The second-order valence-corrected chi connectivity index (χ2v) is 8.03. The lowest BCUT2D eigenvalue weighted by molar-refractivity contribution is 0.0996. The van der Waals surface area contributed by atoms with Crippen molar-refractivity contribution < 1.29 is 9.90 Å². The normalized spacial score (nSPS) is 11.7. The van der Waals surface area contributed by atoms with Gasteiger partial charge < -0.3 is 9.67 Å². The van der Waals surface area contributed by atoms with Gasteiger partial charge in [-0.15, -0.1) is 10.2 Å². The van der Waals surface area contributed by atoms with Gasteiger partial charge >= 0.3 is 0 Å². The molecule has 0 unspecified atom stereocenters. The number of nitrogens with zero attached hydrogens (tertiary/aromatic N) is 4. The average Bonchev–Trinajstić information content (AvgIpc) is 3.00. The number of hydrogen-bond donors (Lipinski definition) is 1. The lowest BCUT2D eigenvalue weighted by atomic mass is 10.1. The van der Waals surface area contributed by atoms with E-state index < -0.39 is 5.91 Å². The van der Waals surface area contributed by atoms with Gasteiger partial charge in [0, 0.05) is 23.0 Å². The Kier molecular flexibility index (Phi) is 5.55. The second-order valence-electron chi connectivity index (χ2n) is 8.03. The van der Waals surface area contributed by atoms with Crippen molar-refractivity contribution in [2.24, 2.45) is 10.2 Å². The third kappa shape index (κ3) is 3.93. The minimum Gasteiger partial charge on any atom is -0.493 e. The summed E-state index contributed by atoms with van der Waals surface area (Å²) in [6.07, 6.45) is 1.94. The first-order valence-electron chi connectivity index (χ1n) is 10.5. The third-order valence-electron chi connectivity index (χ3n) is 5.46. The number of aryl methyl sites for hydroxylation is 4. The largest absolute Gasteiger partial charge is 0.493 e. The Bertz CT molecular complexity index is 1330. The van der Waals surface area contributed by atoms with Gasteiger partial charge in [0.25, 0.3) is 5.91 Å². The zero-order chi connectivity index (χ0) is 22.1. The van der Waals surface area contributed by atoms with Crippen LogP contribution in [0.3, 0.4) is 0 Å². The second kappa shape index (κ2) is 8.30. The SMILES string of the molecule is CCCCn1c(O)c(N=NC(=O)c2cc(C)nc3ccc(C)cc23)c2cc(C)ccc21. The van der Waals surface area contributed by atoms with E-state index in [2.05, 4.69) is 22.1 Å². The molecule has 0 fully saturated rings. The first-order valence-corrected chi connectivity index (χ1v) is 10.5. The number of rotatable bonds is 5. The molecule has 1 N–H and O–H groups in total. The van der Waals surface area contributed by atoms with Gasteiger partial charge in [-0.05, 0) is 57.5 Å². The molecule has 0 radical (unpaired) electrons. The summed E-state index contributed by atoms with van der Waals surface area (Å²) in [6, 6.07) is 13.5. The van der Waals surface area contributed by atoms with Gasteiger partial charge in [0.05, 0.1) is 16.6 Å². The first kappa shape index (κ1) is 20.7. The number of aromatic nitrogens is 2. The lowest BCUT2D eigenvalue weighted by Gasteiger charge is -2.06. The van der Waals surface area contributed by atoms with Crippen molar-refractivity contribution in [1.29, 1.82) is 0 Å². The molecule has 6 heteroatoms. The van der Waals surface area contributed by atoms with Crippen LogP contribution in [0.1, 0.15) is 46.9 Å². The van der Waals surface area contributed by atoms with Gasteiger partial charge in [0.1, 0.15) is 0 Å².